The number of hydrogen-bond donors (Lipinski definition) is 1. The number of aromatic nitrogens is 4. The van der Waals surface area contributed by atoms with E-state index in [0.717, 1.165) is 0 Å². The quantitative estimate of drug-likeness (QED) is 0.738. The molecule has 6 heteroatoms. The molecule has 0 aliphatic carbocycles. The summed E-state index contributed by atoms with van der Waals surface area (Å²) < 4.78 is 7.19. The fraction of sp³-hybridized carbons (Fsp3) is 0.889. The third kappa shape index (κ3) is 2.97. The van der Waals surface area contributed by atoms with Gasteiger partial charge in [0.15, 0.2) is 5.82 Å². The molecule has 6 nitrogen and oxygen atoms in total. The molecule has 0 amide bonds. The molecule has 0 bridgehead atoms. The van der Waals surface area contributed by atoms with Gasteiger partial charge in [0.25, 0.3) is 0 Å². The van der Waals surface area contributed by atoms with Gasteiger partial charge in [-0.25, -0.2) is 4.68 Å². The highest BCUT2D eigenvalue weighted by molar-refractivity contribution is 4.84. The van der Waals surface area contributed by atoms with Crippen molar-refractivity contribution in [1.82, 2.24) is 20.2 Å². The largest absolute Gasteiger partial charge is 0.380 e. The fourth-order valence-electron chi connectivity index (χ4n) is 1.39. The third-order valence-electron chi connectivity index (χ3n) is 2.32. The second-order valence-electron chi connectivity index (χ2n) is 3.71. The first-order chi connectivity index (χ1) is 7.20. The summed E-state index contributed by atoms with van der Waals surface area (Å²) in [6, 6.07) is 0.151. The highest BCUT2D eigenvalue weighted by atomic mass is 16.5. The fourth-order valence-corrected chi connectivity index (χ4v) is 1.39. The summed E-state index contributed by atoms with van der Waals surface area (Å²) in [5.41, 5.74) is 5.56. The zero-order valence-electron chi connectivity index (χ0n) is 9.55. The zero-order chi connectivity index (χ0) is 11.3. The number of tetrazole rings is 1. The number of hydrogen-bond acceptors (Lipinski definition) is 5. The van der Waals surface area contributed by atoms with Crippen molar-refractivity contribution in [3.63, 3.8) is 0 Å². The molecule has 0 saturated heterocycles. The van der Waals surface area contributed by atoms with Gasteiger partial charge in [-0.2, -0.15) is 0 Å². The number of nitrogens with two attached hydrogens (primary N) is 1. The van der Waals surface area contributed by atoms with Crippen LogP contribution in [0.2, 0.25) is 0 Å². The Bertz CT molecular complexity index is 286. The first kappa shape index (κ1) is 12.1. The Labute approximate surface area is 89.8 Å². The molecular formula is C9H19N5O. The van der Waals surface area contributed by atoms with E-state index in [1.54, 1.807) is 4.68 Å². The summed E-state index contributed by atoms with van der Waals surface area (Å²) in [4.78, 5) is 0. The van der Waals surface area contributed by atoms with Crippen molar-refractivity contribution in [2.75, 3.05) is 13.2 Å². The van der Waals surface area contributed by atoms with Crippen LogP contribution in [0.3, 0.4) is 0 Å². The van der Waals surface area contributed by atoms with Crippen LogP contribution in [0.1, 0.15) is 32.6 Å². The van der Waals surface area contributed by atoms with Gasteiger partial charge < -0.3 is 10.5 Å². The normalized spacial score (nSPS) is 13.4. The standard InChI is InChI=1S/C9H19N5O/c1-4-15-6-8(7(2)3)14-9(5-10)11-12-13-14/h7-8H,4-6,10H2,1-3H3. The van der Waals surface area contributed by atoms with Gasteiger partial charge in [0.05, 0.1) is 19.2 Å². The topological polar surface area (TPSA) is 78.8 Å². The summed E-state index contributed by atoms with van der Waals surface area (Å²) >= 11 is 0. The number of ether oxygens (including phenoxy) is 1. The number of nitrogens with zero attached hydrogens (tertiary/aromatic N) is 4. The minimum Gasteiger partial charge on any atom is -0.380 e. The monoisotopic (exact) mass is 213 g/mol. The molecule has 0 aromatic carbocycles. The molecule has 1 aromatic heterocycles. The van der Waals surface area contributed by atoms with Gasteiger partial charge in [-0.05, 0) is 23.3 Å². The van der Waals surface area contributed by atoms with E-state index in [1.165, 1.54) is 0 Å². The Morgan fingerprint density at radius 3 is 2.73 bits per heavy atom. The smallest absolute Gasteiger partial charge is 0.165 e. The van der Waals surface area contributed by atoms with Crippen LogP contribution < -0.4 is 5.73 Å². The highest BCUT2D eigenvalue weighted by Crippen LogP contribution is 2.17. The SMILES string of the molecule is CCOCC(C(C)C)n1nnnc1CN. The van der Waals surface area contributed by atoms with Crippen molar-refractivity contribution < 1.29 is 4.74 Å². The molecule has 0 aliphatic rings. The summed E-state index contributed by atoms with van der Waals surface area (Å²) in [5, 5.41) is 11.5. The van der Waals surface area contributed by atoms with Crippen molar-refractivity contribution in [2.24, 2.45) is 11.7 Å². The highest BCUT2D eigenvalue weighted by Gasteiger charge is 2.20. The summed E-state index contributed by atoms with van der Waals surface area (Å²) in [6.45, 7) is 7.87. The molecule has 2 N–H and O–H groups in total. The molecule has 1 heterocycles. The van der Waals surface area contributed by atoms with Gasteiger partial charge in [-0.1, -0.05) is 13.8 Å². The van der Waals surface area contributed by atoms with E-state index in [9.17, 15) is 0 Å². The molecule has 0 spiro atoms. The van der Waals surface area contributed by atoms with E-state index in [2.05, 4.69) is 29.4 Å². The summed E-state index contributed by atoms with van der Waals surface area (Å²) in [5.74, 6) is 1.11. The summed E-state index contributed by atoms with van der Waals surface area (Å²) in [7, 11) is 0. The van der Waals surface area contributed by atoms with Gasteiger partial charge in [0.1, 0.15) is 0 Å². The van der Waals surface area contributed by atoms with Crippen molar-refractivity contribution >= 4 is 0 Å². The maximum absolute atomic E-state index is 5.56. The van der Waals surface area contributed by atoms with Crippen molar-refractivity contribution in [3.05, 3.63) is 5.82 Å². The van der Waals surface area contributed by atoms with Gasteiger partial charge in [0, 0.05) is 6.61 Å². The van der Waals surface area contributed by atoms with E-state index in [0.29, 0.717) is 31.5 Å². The van der Waals surface area contributed by atoms with Crippen LogP contribution in [-0.2, 0) is 11.3 Å². The lowest BCUT2D eigenvalue weighted by atomic mass is 10.1. The average Bonchev–Trinajstić information content (AvgIpc) is 2.66. The Hall–Kier alpha value is -1.01. The predicted octanol–water partition coefficient (Wildman–Crippen LogP) is 0.365. The van der Waals surface area contributed by atoms with Crippen LogP contribution in [0.5, 0.6) is 0 Å². The minimum atomic E-state index is 0.151. The lowest BCUT2D eigenvalue weighted by Gasteiger charge is -2.21. The predicted molar refractivity (Wildman–Crippen MR) is 56.1 cm³/mol. The molecule has 0 aliphatic heterocycles. The maximum Gasteiger partial charge on any atom is 0.165 e. The van der Waals surface area contributed by atoms with Gasteiger partial charge in [-0.3, -0.25) is 0 Å². The molecule has 1 rings (SSSR count). The van der Waals surface area contributed by atoms with Crippen molar-refractivity contribution in [1.29, 1.82) is 0 Å². The molecular weight excluding hydrogens is 194 g/mol. The molecule has 1 unspecified atom stereocenters. The second kappa shape index (κ2) is 5.77. The third-order valence-corrected chi connectivity index (χ3v) is 2.32. The zero-order valence-corrected chi connectivity index (χ0v) is 9.55. The molecule has 0 radical (unpaired) electrons. The van der Waals surface area contributed by atoms with Crippen LogP contribution in [0.25, 0.3) is 0 Å². The number of rotatable bonds is 6. The van der Waals surface area contributed by atoms with Gasteiger partial charge >= 0.3 is 0 Å². The van der Waals surface area contributed by atoms with E-state index < -0.39 is 0 Å². The Morgan fingerprint density at radius 1 is 1.47 bits per heavy atom. The lowest BCUT2D eigenvalue weighted by Crippen LogP contribution is -2.25. The first-order valence-corrected chi connectivity index (χ1v) is 5.25. The van der Waals surface area contributed by atoms with E-state index in [4.69, 9.17) is 10.5 Å². The summed E-state index contributed by atoms with van der Waals surface area (Å²) in [6.07, 6.45) is 0. The van der Waals surface area contributed by atoms with Gasteiger partial charge in [0.2, 0.25) is 0 Å². The Kier molecular flexibility index (Phi) is 4.64. The van der Waals surface area contributed by atoms with E-state index >= 15 is 0 Å². The molecule has 0 fully saturated rings. The second-order valence-corrected chi connectivity index (χ2v) is 3.71. The Morgan fingerprint density at radius 2 is 2.20 bits per heavy atom. The van der Waals surface area contributed by atoms with Crippen LogP contribution in [0, 0.1) is 5.92 Å². The van der Waals surface area contributed by atoms with Crippen LogP contribution in [0.15, 0.2) is 0 Å². The molecule has 1 atom stereocenters. The molecule has 86 valence electrons. The van der Waals surface area contributed by atoms with E-state index in [-0.39, 0.29) is 6.04 Å². The minimum absolute atomic E-state index is 0.151. The van der Waals surface area contributed by atoms with Crippen molar-refractivity contribution in [2.45, 2.75) is 33.4 Å². The molecule has 1 aromatic rings. The van der Waals surface area contributed by atoms with E-state index in [1.807, 2.05) is 6.92 Å². The molecule has 15 heavy (non-hydrogen) atoms. The lowest BCUT2D eigenvalue weighted by molar-refractivity contribution is 0.0893. The first-order valence-electron chi connectivity index (χ1n) is 5.25. The van der Waals surface area contributed by atoms with Crippen molar-refractivity contribution in [3.8, 4) is 0 Å². The van der Waals surface area contributed by atoms with Crippen LogP contribution in [0.4, 0.5) is 0 Å². The van der Waals surface area contributed by atoms with Gasteiger partial charge in [-0.15, -0.1) is 5.10 Å². The van der Waals surface area contributed by atoms with Crippen LogP contribution in [-0.4, -0.2) is 33.4 Å². The maximum atomic E-state index is 5.56. The Balaban J connectivity index is 2.78. The van der Waals surface area contributed by atoms with Crippen LogP contribution >= 0.6 is 0 Å². The molecule has 0 saturated carbocycles. The average molecular weight is 213 g/mol.